The third kappa shape index (κ3) is 11.0. The first-order valence-corrected chi connectivity index (χ1v) is 15.7. The van der Waals surface area contributed by atoms with Crippen molar-refractivity contribution >= 4 is 18.1 Å². The van der Waals surface area contributed by atoms with Gasteiger partial charge in [-0.15, -0.1) is 0 Å². The van der Waals surface area contributed by atoms with Crippen LogP contribution in [0.1, 0.15) is 140 Å². The van der Waals surface area contributed by atoms with Crippen molar-refractivity contribution < 1.29 is 41.8 Å². The molecule has 246 valence electrons. The molecule has 0 aromatic carbocycles. The molecule has 1 atom stereocenters. The van der Waals surface area contributed by atoms with Gasteiger partial charge in [-0.1, -0.05) is 55.4 Å². The molecule has 0 bridgehead atoms. The van der Waals surface area contributed by atoms with E-state index in [2.05, 4.69) is 41.5 Å². The summed E-state index contributed by atoms with van der Waals surface area (Å²) in [7, 11) is 0. The van der Waals surface area contributed by atoms with Gasteiger partial charge in [0.05, 0.1) is 5.41 Å². The van der Waals surface area contributed by atoms with E-state index in [-0.39, 0.29) is 24.0 Å². The van der Waals surface area contributed by atoms with Gasteiger partial charge in [-0.25, -0.2) is 4.79 Å². The fourth-order valence-electron chi connectivity index (χ4n) is 5.35. The highest BCUT2D eigenvalue weighted by atomic mass is 19.4. The van der Waals surface area contributed by atoms with E-state index in [1.54, 1.807) is 13.8 Å². The SMILES string of the molecule is CCC(C)(C(=O)OC1CCC(C(C)(C)C)CC1)C(F)(F)F.CCC(C)(C)C(=O)OC(=O)OC1CCC(C(C)(C)C)CC1. The highest BCUT2D eigenvalue weighted by Gasteiger charge is 2.57. The molecule has 2 rings (SSSR count). The summed E-state index contributed by atoms with van der Waals surface area (Å²) in [5, 5.41) is 0. The van der Waals surface area contributed by atoms with Crippen LogP contribution >= 0.6 is 0 Å². The molecule has 0 spiro atoms. The van der Waals surface area contributed by atoms with Crippen LogP contribution in [0.15, 0.2) is 0 Å². The summed E-state index contributed by atoms with van der Waals surface area (Å²) in [6, 6.07) is 0. The molecule has 1 unspecified atom stereocenters. The van der Waals surface area contributed by atoms with E-state index >= 15 is 0 Å². The number of halogens is 3. The minimum atomic E-state index is -4.57. The van der Waals surface area contributed by atoms with E-state index < -0.39 is 35.1 Å². The Hall–Kier alpha value is -1.80. The Kier molecular flexibility index (Phi) is 13.5. The highest BCUT2D eigenvalue weighted by Crippen LogP contribution is 2.44. The maximum Gasteiger partial charge on any atom is 0.516 e. The molecule has 42 heavy (non-hydrogen) atoms. The van der Waals surface area contributed by atoms with E-state index in [0.717, 1.165) is 45.4 Å². The lowest BCUT2D eigenvalue weighted by atomic mass is 9.72. The largest absolute Gasteiger partial charge is 0.516 e. The van der Waals surface area contributed by atoms with Gasteiger partial charge in [-0.05, 0) is 108 Å². The summed E-state index contributed by atoms with van der Waals surface area (Å²) in [6.07, 6.45) is 1.34. The van der Waals surface area contributed by atoms with Gasteiger partial charge in [-0.2, -0.15) is 13.2 Å². The van der Waals surface area contributed by atoms with Gasteiger partial charge in [0, 0.05) is 0 Å². The van der Waals surface area contributed by atoms with Gasteiger partial charge in [0.15, 0.2) is 5.41 Å². The van der Waals surface area contributed by atoms with Crippen LogP contribution in [0.2, 0.25) is 0 Å². The lowest BCUT2D eigenvalue weighted by Crippen LogP contribution is -2.45. The first-order chi connectivity index (χ1) is 19.0. The first-order valence-electron chi connectivity index (χ1n) is 15.7. The quantitative estimate of drug-likeness (QED) is 0.221. The van der Waals surface area contributed by atoms with Crippen LogP contribution in [0.4, 0.5) is 18.0 Å². The molecule has 0 aromatic rings. The third-order valence-corrected chi connectivity index (χ3v) is 9.73. The molecular formula is C33H57F3O6. The number of ether oxygens (including phenoxy) is 3. The van der Waals surface area contributed by atoms with Crippen molar-refractivity contribution in [2.75, 3.05) is 0 Å². The minimum Gasteiger partial charge on any atom is -0.462 e. The van der Waals surface area contributed by atoms with Crippen LogP contribution in [-0.2, 0) is 23.8 Å². The molecule has 0 saturated heterocycles. The molecule has 2 fully saturated rings. The lowest BCUT2D eigenvalue weighted by Gasteiger charge is -2.38. The van der Waals surface area contributed by atoms with Crippen molar-refractivity contribution in [3.63, 3.8) is 0 Å². The molecule has 0 heterocycles. The standard InChI is InChI=1S/C17H30O4.C16H27F3O2/c1-7-17(5,6)14(18)21-15(19)20-13-10-8-12(9-11-13)16(2,3)4;1-6-15(5,16(17,18)19)13(20)21-12-9-7-11(8-10-12)14(2,3)4/h12-13H,7-11H2,1-6H3;11-12H,6-10H2,1-5H3. The Morgan fingerprint density at radius 1 is 0.595 bits per heavy atom. The minimum absolute atomic E-state index is 0.117. The van der Waals surface area contributed by atoms with Crippen LogP contribution < -0.4 is 0 Å². The van der Waals surface area contributed by atoms with Crippen molar-refractivity contribution in [2.45, 2.75) is 159 Å². The third-order valence-electron chi connectivity index (χ3n) is 9.73. The normalized spacial score (nSPS) is 25.3. The smallest absolute Gasteiger partial charge is 0.462 e. The van der Waals surface area contributed by atoms with Gasteiger partial charge < -0.3 is 14.2 Å². The summed E-state index contributed by atoms with van der Waals surface area (Å²) in [4.78, 5) is 35.5. The number of carbonyl (C=O) groups is 3. The zero-order chi connectivity index (χ0) is 32.7. The van der Waals surface area contributed by atoms with Crippen LogP contribution in [0.3, 0.4) is 0 Å². The van der Waals surface area contributed by atoms with E-state index in [0.29, 0.717) is 36.5 Å². The zero-order valence-electron chi connectivity index (χ0n) is 28.0. The van der Waals surface area contributed by atoms with E-state index in [1.807, 2.05) is 6.92 Å². The molecule has 0 radical (unpaired) electrons. The van der Waals surface area contributed by atoms with Crippen molar-refractivity contribution in [2.24, 2.45) is 33.5 Å². The van der Waals surface area contributed by atoms with Crippen molar-refractivity contribution in [1.29, 1.82) is 0 Å². The highest BCUT2D eigenvalue weighted by molar-refractivity contribution is 5.85. The monoisotopic (exact) mass is 606 g/mol. The molecule has 2 aliphatic carbocycles. The summed E-state index contributed by atoms with van der Waals surface area (Å²) >= 11 is 0. The molecule has 0 aromatic heterocycles. The van der Waals surface area contributed by atoms with Crippen molar-refractivity contribution in [3.05, 3.63) is 0 Å². The van der Waals surface area contributed by atoms with Gasteiger partial charge in [0.1, 0.15) is 12.2 Å². The Morgan fingerprint density at radius 3 is 1.29 bits per heavy atom. The Morgan fingerprint density at radius 2 is 0.976 bits per heavy atom. The predicted molar refractivity (Wildman–Crippen MR) is 158 cm³/mol. The topological polar surface area (TPSA) is 78.9 Å². The first kappa shape index (κ1) is 38.2. The lowest BCUT2D eigenvalue weighted by molar-refractivity contribution is -0.234. The fraction of sp³-hybridized carbons (Fsp3) is 0.909. The van der Waals surface area contributed by atoms with Gasteiger partial charge in [0.25, 0.3) is 0 Å². The average molecular weight is 607 g/mol. The predicted octanol–water partition coefficient (Wildman–Crippen LogP) is 9.82. The maximum absolute atomic E-state index is 13.0. The summed E-state index contributed by atoms with van der Waals surface area (Å²) < 4.78 is 54.3. The van der Waals surface area contributed by atoms with Crippen LogP contribution in [0.5, 0.6) is 0 Å². The second-order valence-corrected chi connectivity index (χ2v) is 15.3. The molecular weight excluding hydrogens is 549 g/mol. The number of hydrogen-bond acceptors (Lipinski definition) is 6. The van der Waals surface area contributed by atoms with E-state index in [9.17, 15) is 27.6 Å². The van der Waals surface area contributed by atoms with Crippen LogP contribution in [0.25, 0.3) is 0 Å². The second kappa shape index (κ2) is 14.8. The maximum atomic E-state index is 13.0. The molecule has 6 nitrogen and oxygen atoms in total. The van der Waals surface area contributed by atoms with E-state index in [1.165, 1.54) is 6.92 Å². The second-order valence-electron chi connectivity index (χ2n) is 15.3. The Bertz CT molecular complexity index is 883. The molecule has 2 aliphatic rings. The van der Waals surface area contributed by atoms with Gasteiger partial charge in [-0.3, -0.25) is 9.59 Å². The molecule has 0 aliphatic heterocycles. The number of rotatable bonds is 6. The Balaban J connectivity index is 0.000000420. The molecule has 9 heteroatoms. The number of hydrogen-bond donors (Lipinski definition) is 0. The number of esters is 2. The summed E-state index contributed by atoms with van der Waals surface area (Å²) in [6.45, 7) is 21.0. The fourth-order valence-corrected chi connectivity index (χ4v) is 5.35. The van der Waals surface area contributed by atoms with Crippen molar-refractivity contribution in [1.82, 2.24) is 0 Å². The van der Waals surface area contributed by atoms with Crippen LogP contribution in [0, 0.1) is 33.5 Å². The average Bonchev–Trinajstić information content (AvgIpc) is 2.87. The molecule has 0 N–H and O–H groups in total. The Labute approximate surface area is 252 Å². The van der Waals surface area contributed by atoms with Crippen molar-refractivity contribution in [3.8, 4) is 0 Å². The van der Waals surface area contributed by atoms with Gasteiger partial charge >= 0.3 is 24.3 Å². The number of alkyl halides is 3. The summed E-state index contributed by atoms with van der Waals surface area (Å²) in [5.74, 6) is -0.447. The van der Waals surface area contributed by atoms with E-state index in [4.69, 9.17) is 14.2 Å². The molecule has 2 saturated carbocycles. The van der Waals surface area contributed by atoms with Crippen LogP contribution in [-0.4, -0.2) is 36.5 Å². The number of carbonyl (C=O) groups excluding carboxylic acids is 3. The zero-order valence-corrected chi connectivity index (χ0v) is 28.0. The van der Waals surface area contributed by atoms with Gasteiger partial charge in [0.2, 0.25) is 0 Å². The molecule has 0 amide bonds. The summed E-state index contributed by atoms with van der Waals surface area (Å²) in [5.41, 5.74) is -2.55.